The highest BCUT2D eigenvalue weighted by atomic mass is 28.3. The topological polar surface area (TPSA) is 18.5 Å². The van der Waals surface area contributed by atoms with Crippen LogP contribution in [-0.2, 0) is 9.31 Å². The standard InChI is InChI=1S/C22H37BO2Si/c1-8-9-10-12-15-19(23-24-21(2,3)22(4,5)25-23)18-26(6,7)20-16-13-11-14-17-20/h11,13-17H,8-10,12,18H2,1-7H3/b19-15+. The van der Waals surface area contributed by atoms with Crippen LogP contribution in [0.3, 0.4) is 0 Å². The zero-order valence-corrected chi connectivity index (χ0v) is 18.9. The van der Waals surface area contributed by atoms with E-state index in [0.29, 0.717) is 0 Å². The summed E-state index contributed by atoms with van der Waals surface area (Å²) in [6, 6.07) is 12.1. The highest BCUT2D eigenvalue weighted by Gasteiger charge is 2.52. The van der Waals surface area contributed by atoms with E-state index in [4.69, 9.17) is 9.31 Å². The van der Waals surface area contributed by atoms with Crippen LogP contribution in [0.5, 0.6) is 0 Å². The van der Waals surface area contributed by atoms with Gasteiger partial charge in [-0.3, -0.25) is 0 Å². The molecule has 1 aromatic rings. The lowest BCUT2D eigenvalue weighted by Crippen LogP contribution is -2.43. The van der Waals surface area contributed by atoms with Crippen molar-refractivity contribution in [3.63, 3.8) is 0 Å². The second-order valence-electron chi connectivity index (χ2n) is 9.29. The number of unbranched alkanes of at least 4 members (excludes halogenated alkanes) is 3. The number of hydrogen-bond acceptors (Lipinski definition) is 2. The van der Waals surface area contributed by atoms with Crippen molar-refractivity contribution in [2.24, 2.45) is 0 Å². The fraction of sp³-hybridized carbons (Fsp3) is 0.636. The second kappa shape index (κ2) is 8.45. The van der Waals surface area contributed by atoms with Crippen LogP contribution in [0.25, 0.3) is 0 Å². The van der Waals surface area contributed by atoms with Gasteiger partial charge in [0.05, 0.1) is 19.3 Å². The molecular formula is C22H37BO2Si. The summed E-state index contributed by atoms with van der Waals surface area (Å²) in [4.78, 5) is 0. The Bertz CT molecular complexity index is 592. The molecule has 0 saturated carbocycles. The third-order valence-corrected chi connectivity index (χ3v) is 9.16. The lowest BCUT2D eigenvalue weighted by molar-refractivity contribution is 0.00578. The van der Waals surface area contributed by atoms with Crippen LogP contribution in [0.15, 0.2) is 41.9 Å². The maximum atomic E-state index is 6.40. The average molecular weight is 372 g/mol. The molecule has 0 radical (unpaired) electrons. The summed E-state index contributed by atoms with van der Waals surface area (Å²) in [6.07, 6.45) is 7.31. The predicted octanol–water partition coefficient (Wildman–Crippen LogP) is 5.74. The van der Waals surface area contributed by atoms with Crippen molar-refractivity contribution < 1.29 is 9.31 Å². The van der Waals surface area contributed by atoms with E-state index in [1.807, 2.05) is 0 Å². The molecule has 1 heterocycles. The summed E-state index contributed by atoms with van der Waals surface area (Å²) in [6.45, 7) is 15.7. The maximum Gasteiger partial charge on any atom is 0.489 e. The van der Waals surface area contributed by atoms with Gasteiger partial charge in [-0.2, -0.15) is 0 Å². The summed E-state index contributed by atoms with van der Waals surface area (Å²) in [5.41, 5.74) is 0.789. The van der Waals surface area contributed by atoms with Gasteiger partial charge in [-0.1, -0.05) is 74.5 Å². The normalized spacial score (nSPS) is 19.8. The fourth-order valence-corrected chi connectivity index (χ4v) is 6.06. The van der Waals surface area contributed by atoms with Crippen molar-refractivity contribution in [3.05, 3.63) is 41.9 Å². The lowest BCUT2D eigenvalue weighted by Gasteiger charge is -2.32. The molecular weight excluding hydrogens is 335 g/mol. The van der Waals surface area contributed by atoms with Crippen LogP contribution in [0.2, 0.25) is 19.1 Å². The van der Waals surface area contributed by atoms with Crippen LogP contribution < -0.4 is 5.19 Å². The molecule has 1 saturated heterocycles. The molecule has 2 rings (SSSR count). The molecule has 1 aliphatic rings. The van der Waals surface area contributed by atoms with Gasteiger partial charge in [-0.25, -0.2) is 0 Å². The molecule has 0 amide bonds. The second-order valence-corrected chi connectivity index (χ2v) is 14.0. The van der Waals surface area contributed by atoms with Gasteiger partial charge in [0.15, 0.2) is 0 Å². The highest BCUT2D eigenvalue weighted by Crippen LogP contribution is 2.40. The number of benzene rings is 1. The van der Waals surface area contributed by atoms with E-state index in [2.05, 4.69) is 84.1 Å². The van der Waals surface area contributed by atoms with E-state index in [0.717, 1.165) is 12.5 Å². The zero-order valence-electron chi connectivity index (χ0n) is 17.9. The third-order valence-electron chi connectivity index (χ3n) is 5.97. The molecule has 144 valence electrons. The van der Waals surface area contributed by atoms with E-state index in [1.165, 1.54) is 29.9 Å². The Hall–Kier alpha value is -0.838. The molecule has 2 nitrogen and oxygen atoms in total. The molecule has 0 bridgehead atoms. The van der Waals surface area contributed by atoms with Gasteiger partial charge in [0.1, 0.15) is 0 Å². The van der Waals surface area contributed by atoms with Gasteiger partial charge >= 0.3 is 7.12 Å². The largest absolute Gasteiger partial charge is 0.489 e. The van der Waals surface area contributed by atoms with Crippen LogP contribution in [0.4, 0.5) is 0 Å². The monoisotopic (exact) mass is 372 g/mol. The molecule has 0 spiro atoms. The van der Waals surface area contributed by atoms with Crippen molar-refractivity contribution in [2.75, 3.05) is 0 Å². The minimum Gasteiger partial charge on any atom is -0.400 e. The van der Waals surface area contributed by atoms with E-state index in [1.54, 1.807) is 0 Å². The first kappa shape index (κ1) is 21.5. The first-order chi connectivity index (χ1) is 12.1. The van der Waals surface area contributed by atoms with Gasteiger partial charge in [0, 0.05) is 0 Å². The molecule has 0 aromatic heterocycles. The predicted molar refractivity (Wildman–Crippen MR) is 117 cm³/mol. The molecule has 0 N–H and O–H groups in total. The Labute approximate surface area is 162 Å². The number of allylic oxidation sites excluding steroid dienone is 2. The van der Waals surface area contributed by atoms with E-state index in [9.17, 15) is 0 Å². The molecule has 4 heteroatoms. The highest BCUT2D eigenvalue weighted by molar-refractivity contribution is 6.91. The molecule has 1 fully saturated rings. The Kier molecular flexibility index (Phi) is 6.98. The van der Waals surface area contributed by atoms with Crippen molar-refractivity contribution in [2.45, 2.75) is 90.6 Å². The molecule has 0 atom stereocenters. The lowest BCUT2D eigenvalue weighted by atomic mass is 9.78. The minimum absolute atomic E-state index is 0.211. The van der Waals surface area contributed by atoms with Crippen molar-refractivity contribution in [1.82, 2.24) is 0 Å². The smallest absolute Gasteiger partial charge is 0.400 e. The Morgan fingerprint density at radius 1 is 1.00 bits per heavy atom. The summed E-state index contributed by atoms with van der Waals surface area (Å²) >= 11 is 0. The SMILES string of the molecule is CCCCC/C=C(\C[Si](C)(C)c1ccccc1)B1OC(C)(C)C(C)(C)O1. The van der Waals surface area contributed by atoms with E-state index in [-0.39, 0.29) is 18.3 Å². The van der Waals surface area contributed by atoms with Crippen molar-refractivity contribution in [3.8, 4) is 0 Å². The van der Waals surface area contributed by atoms with Gasteiger partial charge in [0.25, 0.3) is 0 Å². The van der Waals surface area contributed by atoms with Crippen LogP contribution >= 0.6 is 0 Å². The zero-order chi connectivity index (χ0) is 19.4. The van der Waals surface area contributed by atoms with E-state index >= 15 is 0 Å². The number of hydrogen-bond donors (Lipinski definition) is 0. The molecule has 0 aliphatic carbocycles. The molecule has 1 aliphatic heterocycles. The molecule has 1 aromatic carbocycles. The third kappa shape index (κ3) is 5.11. The summed E-state index contributed by atoms with van der Waals surface area (Å²) in [5, 5.41) is 1.50. The summed E-state index contributed by atoms with van der Waals surface area (Å²) < 4.78 is 12.8. The quantitative estimate of drug-likeness (QED) is 0.428. The van der Waals surface area contributed by atoms with Gasteiger partial charge < -0.3 is 9.31 Å². The average Bonchev–Trinajstić information content (AvgIpc) is 2.79. The van der Waals surface area contributed by atoms with Gasteiger partial charge in [0.2, 0.25) is 0 Å². The van der Waals surface area contributed by atoms with Crippen molar-refractivity contribution in [1.29, 1.82) is 0 Å². The maximum absolute atomic E-state index is 6.40. The van der Waals surface area contributed by atoms with E-state index < -0.39 is 8.07 Å². The van der Waals surface area contributed by atoms with Crippen LogP contribution in [0, 0.1) is 0 Å². The van der Waals surface area contributed by atoms with Gasteiger partial charge in [-0.05, 0) is 52.1 Å². The minimum atomic E-state index is -1.60. The van der Waals surface area contributed by atoms with Crippen LogP contribution in [-0.4, -0.2) is 26.4 Å². The van der Waals surface area contributed by atoms with Crippen molar-refractivity contribution >= 4 is 20.4 Å². The fourth-order valence-electron chi connectivity index (χ4n) is 3.43. The molecule has 26 heavy (non-hydrogen) atoms. The summed E-state index contributed by atoms with van der Waals surface area (Å²) in [7, 11) is -1.81. The summed E-state index contributed by atoms with van der Waals surface area (Å²) in [5.74, 6) is 0. The Balaban J connectivity index is 2.22. The van der Waals surface area contributed by atoms with Crippen LogP contribution in [0.1, 0.15) is 60.3 Å². The molecule has 0 unspecified atom stereocenters. The first-order valence-corrected chi connectivity index (χ1v) is 13.4. The Morgan fingerprint density at radius 2 is 1.58 bits per heavy atom. The van der Waals surface area contributed by atoms with Gasteiger partial charge in [-0.15, -0.1) is 0 Å². The first-order valence-electron chi connectivity index (χ1n) is 10.2. The number of rotatable bonds is 8. The Morgan fingerprint density at radius 3 is 2.12 bits per heavy atom.